The fourth-order valence-electron chi connectivity index (χ4n) is 3.04. The van der Waals surface area contributed by atoms with Crippen LogP contribution in [0.4, 0.5) is 10.2 Å². The van der Waals surface area contributed by atoms with Crippen molar-refractivity contribution in [1.82, 2.24) is 9.88 Å². The van der Waals surface area contributed by atoms with E-state index >= 15 is 0 Å². The molecule has 0 amide bonds. The zero-order valence-corrected chi connectivity index (χ0v) is 11.0. The van der Waals surface area contributed by atoms with Crippen LogP contribution in [0.3, 0.4) is 0 Å². The minimum Gasteiger partial charge on any atom is -0.353 e. The summed E-state index contributed by atoms with van der Waals surface area (Å²) in [7, 11) is 0. The molecule has 1 atom stereocenters. The maximum absolute atomic E-state index is 13.9. The molecule has 0 aromatic carbocycles. The molecule has 2 aliphatic rings. The van der Waals surface area contributed by atoms with Crippen LogP contribution < -0.4 is 4.90 Å². The Hall–Kier alpha value is -0.870. The fraction of sp³-hybridized carbons (Fsp3) is 0.615. The lowest BCUT2D eigenvalue weighted by atomic mass is 10.2. The van der Waals surface area contributed by atoms with Crippen molar-refractivity contribution in [3.63, 3.8) is 0 Å². The van der Waals surface area contributed by atoms with Gasteiger partial charge in [0.1, 0.15) is 0 Å². The first-order valence-corrected chi connectivity index (χ1v) is 6.92. The van der Waals surface area contributed by atoms with E-state index in [9.17, 15) is 4.39 Å². The monoisotopic (exact) mass is 269 g/mol. The van der Waals surface area contributed by atoms with Gasteiger partial charge >= 0.3 is 0 Å². The average Bonchev–Trinajstić information content (AvgIpc) is 2.67. The molecule has 2 saturated heterocycles. The summed E-state index contributed by atoms with van der Waals surface area (Å²) < 4.78 is 13.9. The molecule has 1 unspecified atom stereocenters. The van der Waals surface area contributed by atoms with Crippen molar-refractivity contribution in [1.29, 1.82) is 0 Å². The van der Waals surface area contributed by atoms with Gasteiger partial charge in [0.25, 0.3) is 0 Å². The number of nitrogens with zero attached hydrogens (tertiary/aromatic N) is 3. The molecule has 0 spiro atoms. The van der Waals surface area contributed by atoms with Gasteiger partial charge in [0, 0.05) is 31.9 Å². The number of halogens is 2. The van der Waals surface area contributed by atoms with E-state index in [0.29, 0.717) is 16.9 Å². The molecule has 18 heavy (non-hydrogen) atoms. The number of anilines is 1. The number of rotatable bonds is 1. The van der Waals surface area contributed by atoms with E-state index in [1.807, 2.05) is 0 Å². The summed E-state index contributed by atoms with van der Waals surface area (Å²) in [6, 6.07) is 1.91. The van der Waals surface area contributed by atoms with Crippen LogP contribution in [0.5, 0.6) is 0 Å². The van der Waals surface area contributed by atoms with Crippen molar-refractivity contribution < 1.29 is 4.39 Å². The lowest BCUT2D eigenvalue weighted by Gasteiger charge is -2.26. The van der Waals surface area contributed by atoms with Crippen LogP contribution >= 0.6 is 11.6 Å². The second kappa shape index (κ2) is 5.02. The molecular formula is C13H17ClFN3. The second-order valence-corrected chi connectivity index (χ2v) is 5.53. The Bertz CT molecular complexity index is 440. The van der Waals surface area contributed by atoms with Crippen LogP contribution in [0, 0.1) is 5.82 Å². The van der Waals surface area contributed by atoms with Crippen LogP contribution in [0.15, 0.2) is 12.3 Å². The van der Waals surface area contributed by atoms with Gasteiger partial charge in [-0.3, -0.25) is 4.90 Å². The van der Waals surface area contributed by atoms with Gasteiger partial charge in [-0.15, -0.1) is 0 Å². The maximum Gasteiger partial charge on any atom is 0.167 e. The number of aromatic nitrogens is 1. The quantitative estimate of drug-likeness (QED) is 0.781. The van der Waals surface area contributed by atoms with Crippen molar-refractivity contribution in [2.45, 2.75) is 25.3 Å². The first kappa shape index (κ1) is 12.2. The van der Waals surface area contributed by atoms with E-state index in [2.05, 4.69) is 14.8 Å². The highest BCUT2D eigenvalue weighted by atomic mass is 35.5. The Morgan fingerprint density at radius 1 is 1.28 bits per heavy atom. The van der Waals surface area contributed by atoms with Gasteiger partial charge in [0.15, 0.2) is 11.6 Å². The van der Waals surface area contributed by atoms with Crippen molar-refractivity contribution in [2.75, 3.05) is 31.1 Å². The molecule has 98 valence electrons. The molecule has 5 heteroatoms. The zero-order valence-electron chi connectivity index (χ0n) is 10.3. The standard InChI is InChI=1S/C13H17ClFN3/c14-10-7-12(15)13(16-8-10)18-6-2-5-17-4-1-3-11(17)9-18/h7-8,11H,1-6,9H2. The molecular weight excluding hydrogens is 253 g/mol. The highest BCUT2D eigenvalue weighted by molar-refractivity contribution is 6.30. The molecule has 1 aromatic rings. The molecule has 2 aliphatic heterocycles. The summed E-state index contributed by atoms with van der Waals surface area (Å²) >= 11 is 5.75. The SMILES string of the molecule is Fc1cc(Cl)cnc1N1CCCN2CCCC2C1. The average molecular weight is 270 g/mol. The second-order valence-electron chi connectivity index (χ2n) is 5.09. The summed E-state index contributed by atoms with van der Waals surface area (Å²) in [5.41, 5.74) is 0. The molecule has 0 radical (unpaired) electrons. The van der Waals surface area contributed by atoms with Crippen molar-refractivity contribution in [2.24, 2.45) is 0 Å². The van der Waals surface area contributed by atoms with E-state index in [4.69, 9.17) is 11.6 Å². The van der Waals surface area contributed by atoms with Gasteiger partial charge < -0.3 is 4.90 Å². The molecule has 1 aromatic heterocycles. The molecule has 0 N–H and O–H groups in total. The van der Waals surface area contributed by atoms with E-state index in [1.54, 1.807) is 0 Å². The minimum atomic E-state index is -0.311. The molecule has 2 fully saturated rings. The maximum atomic E-state index is 13.9. The first-order chi connectivity index (χ1) is 8.74. The number of fused-ring (bicyclic) bond motifs is 1. The predicted octanol–water partition coefficient (Wildman–Crippen LogP) is 2.55. The van der Waals surface area contributed by atoms with Gasteiger partial charge in [-0.05, 0) is 31.9 Å². The van der Waals surface area contributed by atoms with Crippen LogP contribution in [-0.2, 0) is 0 Å². The summed E-state index contributed by atoms with van der Waals surface area (Å²) in [5.74, 6) is 0.141. The third kappa shape index (κ3) is 2.31. The Kier molecular flexibility index (Phi) is 3.39. The van der Waals surface area contributed by atoms with E-state index in [0.717, 1.165) is 26.1 Å². The molecule has 3 nitrogen and oxygen atoms in total. The fourth-order valence-corrected chi connectivity index (χ4v) is 3.18. The topological polar surface area (TPSA) is 19.4 Å². The summed E-state index contributed by atoms with van der Waals surface area (Å²) in [6.45, 7) is 4.06. The van der Waals surface area contributed by atoms with Gasteiger partial charge in [0.2, 0.25) is 0 Å². The van der Waals surface area contributed by atoms with Crippen molar-refractivity contribution in [3.05, 3.63) is 23.1 Å². The Morgan fingerprint density at radius 3 is 2.94 bits per heavy atom. The highest BCUT2D eigenvalue weighted by Crippen LogP contribution is 2.26. The van der Waals surface area contributed by atoms with Gasteiger partial charge in [-0.2, -0.15) is 0 Å². The summed E-state index contributed by atoms with van der Waals surface area (Å²) in [5, 5.41) is 0.355. The summed E-state index contributed by atoms with van der Waals surface area (Å²) in [6.07, 6.45) is 5.07. The number of pyridine rings is 1. The van der Waals surface area contributed by atoms with Crippen LogP contribution in [0.25, 0.3) is 0 Å². The largest absolute Gasteiger partial charge is 0.353 e. The van der Waals surface area contributed by atoms with E-state index in [1.165, 1.54) is 31.6 Å². The zero-order chi connectivity index (χ0) is 12.5. The Labute approximate surface area is 112 Å². The smallest absolute Gasteiger partial charge is 0.167 e. The lowest BCUT2D eigenvalue weighted by molar-refractivity contribution is 0.273. The van der Waals surface area contributed by atoms with Crippen molar-refractivity contribution >= 4 is 17.4 Å². The molecule has 3 rings (SSSR count). The van der Waals surface area contributed by atoms with Gasteiger partial charge in [0.05, 0.1) is 5.02 Å². The van der Waals surface area contributed by atoms with E-state index < -0.39 is 0 Å². The van der Waals surface area contributed by atoms with Crippen LogP contribution in [-0.4, -0.2) is 42.1 Å². The molecule has 3 heterocycles. The predicted molar refractivity (Wildman–Crippen MR) is 70.6 cm³/mol. The molecule has 0 bridgehead atoms. The van der Waals surface area contributed by atoms with Gasteiger partial charge in [-0.1, -0.05) is 11.6 Å². The highest BCUT2D eigenvalue weighted by Gasteiger charge is 2.29. The lowest BCUT2D eigenvalue weighted by Crippen LogP contribution is -2.37. The number of hydrogen-bond acceptors (Lipinski definition) is 3. The summed E-state index contributed by atoms with van der Waals surface area (Å²) in [4.78, 5) is 8.75. The van der Waals surface area contributed by atoms with Crippen molar-refractivity contribution in [3.8, 4) is 0 Å². The normalized spacial score (nSPS) is 25.0. The minimum absolute atomic E-state index is 0.311. The Morgan fingerprint density at radius 2 is 2.11 bits per heavy atom. The Balaban J connectivity index is 1.82. The molecule has 0 aliphatic carbocycles. The number of hydrogen-bond donors (Lipinski definition) is 0. The first-order valence-electron chi connectivity index (χ1n) is 6.54. The van der Waals surface area contributed by atoms with Crippen LogP contribution in [0.1, 0.15) is 19.3 Å². The van der Waals surface area contributed by atoms with E-state index in [-0.39, 0.29) is 5.82 Å². The van der Waals surface area contributed by atoms with Crippen LogP contribution in [0.2, 0.25) is 5.02 Å². The van der Waals surface area contributed by atoms with Gasteiger partial charge in [-0.25, -0.2) is 9.37 Å². The third-order valence-electron chi connectivity index (χ3n) is 3.89. The third-order valence-corrected chi connectivity index (χ3v) is 4.10. The molecule has 0 saturated carbocycles.